The summed E-state index contributed by atoms with van der Waals surface area (Å²) in [4.78, 5) is 0. The van der Waals surface area contributed by atoms with E-state index >= 15 is 0 Å². The monoisotopic (exact) mass is 632 g/mol. The fourth-order valence-corrected chi connectivity index (χ4v) is 10.2. The Morgan fingerprint density at radius 3 is 2.14 bits per heavy atom. The third kappa shape index (κ3) is 4.10. The van der Waals surface area contributed by atoms with E-state index < -0.39 is 0 Å². The third-order valence-electron chi connectivity index (χ3n) is 12.7. The minimum absolute atomic E-state index is 0.106. The second-order valence-electron chi connectivity index (χ2n) is 16.7. The van der Waals surface area contributed by atoms with E-state index in [-0.39, 0.29) is 10.8 Å². The van der Waals surface area contributed by atoms with Crippen molar-refractivity contribution in [2.24, 2.45) is 11.8 Å². The summed E-state index contributed by atoms with van der Waals surface area (Å²) < 4.78 is 0. The molecule has 6 aliphatic rings. The van der Waals surface area contributed by atoms with E-state index in [1.165, 1.54) is 88.0 Å². The van der Waals surface area contributed by atoms with Crippen molar-refractivity contribution in [3.05, 3.63) is 158 Å². The summed E-state index contributed by atoms with van der Waals surface area (Å²) >= 11 is 0. The number of allylic oxidation sites excluding steroid dienone is 10. The highest BCUT2D eigenvalue weighted by Crippen LogP contribution is 2.56. The Hall–Kier alpha value is -4.68. The second kappa shape index (κ2) is 10.2. The lowest BCUT2D eigenvalue weighted by Gasteiger charge is -2.39. The van der Waals surface area contributed by atoms with Crippen LogP contribution in [0.5, 0.6) is 0 Å². The van der Waals surface area contributed by atoms with Crippen molar-refractivity contribution in [1.82, 2.24) is 0 Å². The fraction of sp³-hybridized carbons (Fsp3) is 0.265. The molecule has 0 nitrogen and oxygen atoms in total. The zero-order valence-corrected chi connectivity index (χ0v) is 29.4. The lowest BCUT2D eigenvalue weighted by molar-refractivity contribution is 0.418. The van der Waals surface area contributed by atoms with Crippen LogP contribution in [0.4, 0.5) is 0 Å². The minimum atomic E-state index is 0.106. The van der Waals surface area contributed by atoms with Crippen LogP contribution < -0.4 is 10.4 Å². The lowest BCUT2D eigenvalue weighted by atomic mass is 9.64. The summed E-state index contributed by atoms with van der Waals surface area (Å²) in [5.74, 6) is 1.14. The van der Waals surface area contributed by atoms with Crippen LogP contribution >= 0.6 is 0 Å². The van der Waals surface area contributed by atoms with E-state index in [0.717, 1.165) is 19.3 Å². The summed E-state index contributed by atoms with van der Waals surface area (Å²) in [6.45, 7) is 11.9. The van der Waals surface area contributed by atoms with Gasteiger partial charge in [0.2, 0.25) is 0 Å². The number of rotatable bonds is 2. The van der Waals surface area contributed by atoms with Crippen LogP contribution in [-0.2, 0) is 10.8 Å². The molecule has 0 heteroatoms. The fourth-order valence-electron chi connectivity index (χ4n) is 10.2. The first-order valence-corrected chi connectivity index (χ1v) is 18.4. The van der Waals surface area contributed by atoms with Gasteiger partial charge >= 0.3 is 0 Å². The molecule has 0 amide bonds. The molecule has 0 N–H and O–H groups in total. The molecular formula is C49H44. The van der Waals surface area contributed by atoms with Crippen LogP contribution in [-0.4, -0.2) is 0 Å². The highest BCUT2D eigenvalue weighted by atomic mass is 14.5. The van der Waals surface area contributed by atoms with Gasteiger partial charge in [0.05, 0.1) is 0 Å². The normalized spacial score (nSPS) is 23.6. The Morgan fingerprint density at radius 2 is 1.37 bits per heavy atom. The van der Waals surface area contributed by atoms with Crippen LogP contribution in [0.2, 0.25) is 0 Å². The van der Waals surface area contributed by atoms with Gasteiger partial charge in [-0.3, -0.25) is 0 Å². The molecular weight excluding hydrogens is 589 g/mol. The van der Waals surface area contributed by atoms with Crippen molar-refractivity contribution in [2.45, 2.75) is 70.6 Å². The maximum absolute atomic E-state index is 2.56. The van der Waals surface area contributed by atoms with Gasteiger partial charge in [-0.2, -0.15) is 0 Å². The topological polar surface area (TPSA) is 0 Å². The highest BCUT2D eigenvalue weighted by molar-refractivity contribution is 6.04. The molecule has 0 radical (unpaired) electrons. The summed E-state index contributed by atoms with van der Waals surface area (Å²) in [6, 6.07) is 23.3. The Bertz CT molecular complexity index is 2470. The van der Waals surface area contributed by atoms with Gasteiger partial charge in [-0.1, -0.05) is 156 Å². The second-order valence-corrected chi connectivity index (χ2v) is 16.7. The number of hydrogen-bond donors (Lipinski definition) is 0. The molecule has 0 spiro atoms. The quantitative estimate of drug-likeness (QED) is 0.206. The van der Waals surface area contributed by atoms with Crippen molar-refractivity contribution in [2.75, 3.05) is 0 Å². The van der Waals surface area contributed by atoms with Crippen molar-refractivity contribution in [1.29, 1.82) is 0 Å². The van der Waals surface area contributed by atoms with Crippen LogP contribution in [0.15, 0.2) is 103 Å². The van der Waals surface area contributed by atoms with E-state index in [2.05, 4.69) is 156 Å². The molecule has 4 aromatic rings. The zero-order chi connectivity index (χ0) is 33.2. The molecule has 0 aromatic heterocycles. The molecule has 4 aromatic carbocycles. The smallest absolute Gasteiger partial charge is 0.0205 e. The molecule has 240 valence electrons. The van der Waals surface area contributed by atoms with Crippen LogP contribution in [0.1, 0.15) is 104 Å². The molecule has 0 heterocycles. The van der Waals surface area contributed by atoms with E-state index in [4.69, 9.17) is 0 Å². The van der Waals surface area contributed by atoms with Crippen LogP contribution in [0, 0.1) is 11.8 Å². The lowest BCUT2D eigenvalue weighted by Crippen LogP contribution is -2.36. The summed E-state index contributed by atoms with van der Waals surface area (Å²) in [5.41, 5.74) is 17.7. The molecule has 0 aliphatic heterocycles. The summed E-state index contributed by atoms with van der Waals surface area (Å²) in [6.07, 6.45) is 27.9. The zero-order valence-electron chi connectivity index (χ0n) is 29.4. The maximum Gasteiger partial charge on any atom is 0.0205 e. The average molecular weight is 633 g/mol. The molecule has 0 saturated heterocycles. The van der Waals surface area contributed by atoms with Gasteiger partial charge in [0, 0.05) is 11.8 Å². The van der Waals surface area contributed by atoms with E-state index in [9.17, 15) is 0 Å². The molecule has 10 rings (SSSR count). The summed E-state index contributed by atoms with van der Waals surface area (Å²) in [5, 5.41) is 5.69. The summed E-state index contributed by atoms with van der Waals surface area (Å²) in [7, 11) is 0. The first-order chi connectivity index (χ1) is 23.7. The third-order valence-corrected chi connectivity index (χ3v) is 12.7. The van der Waals surface area contributed by atoms with Gasteiger partial charge in [0.1, 0.15) is 0 Å². The predicted molar refractivity (Wildman–Crippen MR) is 210 cm³/mol. The predicted octanol–water partition coefficient (Wildman–Crippen LogP) is 11.0. The Kier molecular flexibility index (Phi) is 6.08. The Labute approximate surface area is 291 Å². The average Bonchev–Trinajstić information content (AvgIpc) is 3.34. The van der Waals surface area contributed by atoms with Crippen molar-refractivity contribution in [3.8, 4) is 0 Å². The van der Waals surface area contributed by atoms with Gasteiger partial charge in [0.25, 0.3) is 0 Å². The van der Waals surface area contributed by atoms with Crippen LogP contribution in [0.3, 0.4) is 0 Å². The van der Waals surface area contributed by atoms with Gasteiger partial charge in [-0.25, -0.2) is 0 Å². The van der Waals surface area contributed by atoms with Gasteiger partial charge in [-0.05, 0) is 124 Å². The molecule has 3 atom stereocenters. The van der Waals surface area contributed by atoms with E-state index in [1.54, 1.807) is 0 Å². The number of benzene rings is 4. The SMILES string of the molecule is CC(C)(C)c1cc2c3c(c1)C=CC1C(c4c5c(c(C6=CC=C7c8ccccc8C(C)(C)C7C6)c6ccccc46)=CCCC=5)=CC=C(C=C2)C31. The largest absolute Gasteiger partial charge is 0.0757 e. The molecule has 6 aliphatic carbocycles. The Morgan fingerprint density at radius 1 is 0.694 bits per heavy atom. The van der Waals surface area contributed by atoms with Crippen molar-refractivity contribution < 1.29 is 0 Å². The number of hydrogen-bond acceptors (Lipinski definition) is 0. The van der Waals surface area contributed by atoms with Crippen molar-refractivity contribution >= 4 is 51.8 Å². The molecule has 3 unspecified atom stereocenters. The van der Waals surface area contributed by atoms with E-state index in [0.29, 0.717) is 17.8 Å². The minimum Gasteiger partial charge on any atom is -0.0757 e. The molecule has 0 saturated carbocycles. The van der Waals surface area contributed by atoms with Gasteiger partial charge in [0.15, 0.2) is 0 Å². The maximum atomic E-state index is 2.56. The van der Waals surface area contributed by atoms with Crippen molar-refractivity contribution in [3.63, 3.8) is 0 Å². The standard InChI is InChI=1S/C49H44/c1-48(2,3)33-26-30-19-18-29-20-24-41(40-25-22-31(27-33)44(30)46(29)40)47-38-15-8-6-13-36(38)45(37-14-7-9-16-39(37)47)32-21-23-35-34-12-10-11-17-42(34)49(4,5)43(35)28-32/h6,8,10-27,40,43,46H,7,9,28H2,1-5H3. The van der Waals surface area contributed by atoms with Gasteiger partial charge in [-0.15, -0.1) is 0 Å². The van der Waals surface area contributed by atoms with E-state index in [1.807, 2.05) is 0 Å². The van der Waals surface area contributed by atoms with Crippen LogP contribution in [0.25, 0.3) is 51.8 Å². The molecule has 0 bridgehead atoms. The molecule has 49 heavy (non-hydrogen) atoms. The van der Waals surface area contributed by atoms with Gasteiger partial charge < -0.3 is 0 Å². The highest BCUT2D eigenvalue weighted by Gasteiger charge is 2.44. The molecule has 0 fully saturated rings. The first-order valence-electron chi connectivity index (χ1n) is 18.4. The number of fused-ring (bicyclic) bond motifs is 5. The Balaban J connectivity index is 1.17. The first kappa shape index (κ1) is 29.3.